The summed E-state index contributed by atoms with van der Waals surface area (Å²) in [6.45, 7) is 6.41. The summed E-state index contributed by atoms with van der Waals surface area (Å²) in [6, 6.07) is 49.9. The van der Waals surface area contributed by atoms with Gasteiger partial charge in [0.25, 0.3) is 0 Å². The van der Waals surface area contributed by atoms with Gasteiger partial charge in [-0.15, -0.1) is 0 Å². The Bertz CT molecular complexity index is 2850. The molecule has 0 fully saturated rings. The van der Waals surface area contributed by atoms with E-state index >= 15 is 0 Å². The van der Waals surface area contributed by atoms with Gasteiger partial charge in [0.1, 0.15) is 0 Å². The number of benzene rings is 7. The van der Waals surface area contributed by atoms with E-state index in [4.69, 9.17) is 15.0 Å². The van der Waals surface area contributed by atoms with E-state index in [0.717, 1.165) is 50.2 Å². The van der Waals surface area contributed by atoms with Crippen molar-refractivity contribution in [1.29, 1.82) is 0 Å². The summed E-state index contributed by atoms with van der Waals surface area (Å²) in [7, 11) is 0. The van der Waals surface area contributed by atoms with E-state index in [1.165, 1.54) is 34.4 Å². The third kappa shape index (κ3) is 6.31. The van der Waals surface area contributed by atoms with Crippen molar-refractivity contribution in [3.05, 3.63) is 180 Å². The predicted octanol–water partition coefficient (Wildman–Crippen LogP) is 13.2. The number of hydrogen-bond acceptors (Lipinski definition) is 3. The van der Waals surface area contributed by atoms with Gasteiger partial charge in [-0.2, -0.15) is 13.2 Å². The second-order valence-electron chi connectivity index (χ2n) is 14.2. The van der Waals surface area contributed by atoms with Crippen LogP contribution in [0.1, 0.15) is 22.3 Å². The number of aryl methyl sites for hydroxylation is 3. The molecule has 272 valence electrons. The topological polar surface area (TPSA) is 43.6 Å². The van der Waals surface area contributed by atoms with Gasteiger partial charge in [-0.3, -0.25) is 0 Å². The standard InChI is InChI=1S/C49H35F3N4/c1-30-25-31(2)45(32(3)26-30)37-22-24-43-41(28-37)39-19-10-11-20-42(39)56(43)44-29-36(35-17-12-18-38(27-35)49(50,51)52)21-23-40(44)48-54-46(33-13-6-4-7-14-33)53-47(55-48)34-15-8-5-9-16-34/h4-29H,1-3H3. The Labute approximate surface area is 322 Å². The normalized spacial score (nSPS) is 11.8. The molecule has 7 aromatic carbocycles. The minimum absolute atomic E-state index is 0.441. The molecule has 0 saturated heterocycles. The smallest absolute Gasteiger partial charge is 0.308 e. The van der Waals surface area contributed by atoms with Crippen LogP contribution < -0.4 is 0 Å². The van der Waals surface area contributed by atoms with Crippen LogP contribution in [0.2, 0.25) is 0 Å². The Balaban J connectivity index is 1.34. The lowest BCUT2D eigenvalue weighted by atomic mass is 9.93. The number of aromatic nitrogens is 4. The molecule has 2 aromatic heterocycles. The van der Waals surface area contributed by atoms with Crippen LogP contribution in [0.4, 0.5) is 13.2 Å². The second kappa shape index (κ2) is 13.8. The molecule has 0 spiro atoms. The zero-order valence-corrected chi connectivity index (χ0v) is 30.9. The lowest BCUT2D eigenvalue weighted by Gasteiger charge is -2.17. The number of hydrogen-bond donors (Lipinski definition) is 0. The zero-order chi connectivity index (χ0) is 38.6. The molecule has 9 aromatic rings. The van der Waals surface area contributed by atoms with Crippen molar-refractivity contribution in [2.24, 2.45) is 0 Å². The maximum absolute atomic E-state index is 14.0. The minimum Gasteiger partial charge on any atom is -0.308 e. The molecule has 0 aliphatic rings. The first-order valence-corrected chi connectivity index (χ1v) is 18.4. The summed E-state index contributed by atoms with van der Waals surface area (Å²) in [5.41, 5.74) is 11.3. The maximum Gasteiger partial charge on any atom is 0.416 e. The SMILES string of the molecule is Cc1cc(C)c(-c2ccc3c(c2)c2ccccc2n3-c2cc(-c3cccc(C(F)(F)F)c3)ccc2-c2nc(-c3ccccc3)nc(-c3ccccc3)n2)c(C)c1. The van der Waals surface area contributed by atoms with E-state index in [-0.39, 0.29) is 0 Å². The summed E-state index contributed by atoms with van der Waals surface area (Å²) in [4.78, 5) is 15.1. The molecular weight excluding hydrogens is 702 g/mol. The van der Waals surface area contributed by atoms with Gasteiger partial charge in [-0.25, -0.2) is 15.0 Å². The van der Waals surface area contributed by atoms with E-state index in [0.29, 0.717) is 34.2 Å². The summed E-state index contributed by atoms with van der Waals surface area (Å²) in [6.07, 6.45) is -4.48. The third-order valence-corrected chi connectivity index (χ3v) is 10.3. The molecule has 4 nitrogen and oxygen atoms in total. The molecule has 0 radical (unpaired) electrons. The third-order valence-electron chi connectivity index (χ3n) is 10.3. The molecule has 7 heteroatoms. The van der Waals surface area contributed by atoms with E-state index in [1.807, 2.05) is 91.0 Å². The molecule has 0 saturated carbocycles. The van der Waals surface area contributed by atoms with Crippen molar-refractivity contribution >= 4 is 21.8 Å². The molecule has 0 unspecified atom stereocenters. The molecule has 0 bridgehead atoms. The second-order valence-corrected chi connectivity index (χ2v) is 14.2. The van der Waals surface area contributed by atoms with Crippen molar-refractivity contribution in [3.8, 4) is 62.1 Å². The highest BCUT2D eigenvalue weighted by molar-refractivity contribution is 6.11. The van der Waals surface area contributed by atoms with Gasteiger partial charge in [0.2, 0.25) is 0 Å². The Morgan fingerprint density at radius 3 is 1.66 bits per heavy atom. The van der Waals surface area contributed by atoms with Crippen molar-refractivity contribution in [3.63, 3.8) is 0 Å². The molecule has 2 heterocycles. The monoisotopic (exact) mass is 736 g/mol. The van der Waals surface area contributed by atoms with Gasteiger partial charge in [-0.1, -0.05) is 121 Å². The first-order valence-electron chi connectivity index (χ1n) is 18.4. The minimum atomic E-state index is -4.48. The maximum atomic E-state index is 14.0. The Morgan fingerprint density at radius 1 is 0.446 bits per heavy atom. The van der Waals surface area contributed by atoms with E-state index in [2.05, 4.69) is 67.8 Å². The number of alkyl halides is 3. The number of nitrogens with zero attached hydrogens (tertiary/aromatic N) is 4. The molecule has 0 atom stereocenters. The van der Waals surface area contributed by atoms with Crippen LogP contribution in [0.15, 0.2) is 158 Å². The van der Waals surface area contributed by atoms with Gasteiger partial charge >= 0.3 is 6.18 Å². The van der Waals surface area contributed by atoms with Crippen molar-refractivity contribution < 1.29 is 13.2 Å². The Kier molecular flexibility index (Phi) is 8.58. The van der Waals surface area contributed by atoms with Crippen LogP contribution in [0, 0.1) is 20.8 Å². The average molecular weight is 737 g/mol. The first-order chi connectivity index (χ1) is 27.1. The van der Waals surface area contributed by atoms with Crippen molar-refractivity contribution in [1.82, 2.24) is 19.5 Å². The van der Waals surface area contributed by atoms with Crippen molar-refractivity contribution in [2.75, 3.05) is 0 Å². The van der Waals surface area contributed by atoms with Gasteiger partial charge in [0, 0.05) is 27.5 Å². The van der Waals surface area contributed by atoms with E-state index < -0.39 is 11.7 Å². The van der Waals surface area contributed by atoms with Crippen LogP contribution in [0.3, 0.4) is 0 Å². The van der Waals surface area contributed by atoms with Crippen molar-refractivity contribution in [2.45, 2.75) is 26.9 Å². The number of para-hydroxylation sites is 1. The highest BCUT2D eigenvalue weighted by Crippen LogP contribution is 2.41. The van der Waals surface area contributed by atoms with Gasteiger partial charge in [0.05, 0.1) is 22.3 Å². The largest absolute Gasteiger partial charge is 0.416 e. The molecule has 0 N–H and O–H groups in total. The first kappa shape index (κ1) is 34.9. The lowest BCUT2D eigenvalue weighted by molar-refractivity contribution is -0.137. The highest BCUT2D eigenvalue weighted by atomic mass is 19.4. The van der Waals surface area contributed by atoms with Gasteiger partial charge < -0.3 is 4.57 Å². The van der Waals surface area contributed by atoms with Crippen LogP contribution >= 0.6 is 0 Å². The molecule has 0 aliphatic carbocycles. The van der Waals surface area contributed by atoms with Crippen LogP contribution in [-0.2, 0) is 6.18 Å². The quantitative estimate of drug-likeness (QED) is 0.171. The summed E-state index contributed by atoms with van der Waals surface area (Å²) >= 11 is 0. The number of rotatable bonds is 6. The Hall–Kier alpha value is -6.86. The fraction of sp³-hybridized carbons (Fsp3) is 0.0816. The highest BCUT2D eigenvalue weighted by Gasteiger charge is 2.30. The van der Waals surface area contributed by atoms with E-state index in [1.54, 1.807) is 6.07 Å². The van der Waals surface area contributed by atoms with Gasteiger partial charge in [-0.05, 0) is 96.6 Å². The molecule has 56 heavy (non-hydrogen) atoms. The fourth-order valence-electron chi connectivity index (χ4n) is 7.91. The van der Waals surface area contributed by atoms with Crippen LogP contribution in [-0.4, -0.2) is 19.5 Å². The predicted molar refractivity (Wildman–Crippen MR) is 221 cm³/mol. The molecule has 9 rings (SSSR count). The fourth-order valence-corrected chi connectivity index (χ4v) is 7.91. The lowest BCUT2D eigenvalue weighted by Crippen LogP contribution is -2.05. The van der Waals surface area contributed by atoms with Gasteiger partial charge in [0.15, 0.2) is 17.5 Å². The molecule has 0 aliphatic heterocycles. The summed E-state index contributed by atoms with van der Waals surface area (Å²) in [5.74, 6) is 1.47. The Morgan fingerprint density at radius 2 is 1.00 bits per heavy atom. The molecular formula is C49H35F3N4. The number of halogens is 3. The van der Waals surface area contributed by atoms with Crippen LogP contribution in [0.25, 0.3) is 83.9 Å². The van der Waals surface area contributed by atoms with Crippen LogP contribution in [0.5, 0.6) is 0 Å². The number of fused-ring (bicyclic) bond motifs is 3. The zero-order valence-electron chi connectivity index (χ0n) is 30.9. The average Bonchev–Trinajstić information content (AvgIpc) is 3.54. The summed E-state index contributed by atoms with van der Waals surface area (Å²) < 4.78 is 44.1. The van der Waals surface area contributed by atoms with E-state index in [9.17, 15) is 13.2 Å². The molecule has 0 amide bonds. The summed E-state index contributed by atoms with van der Waals surface area (Å²) in [5, 5.41) is 2.10.